The van der Waals surface area contributed by atoms with Crippen LogP contribution < -0.4 is 0 Å². The average molecular weight is 635 g/mol. The molecule has 1 saturated heterocycles. The van der Waals surface area contributed by atoms with E-state index in [1.54, 1.807) is 55.6 Å². The number of hydrogen-bond acceptors (Lipinski definition) is 2. The molecular weight excluding hydrogens is 572 g/mol. The Morgan fingerprint density at radius 2 is 1.02 bits per heavy atom. The molecule has 254 valence electrons. The molecule has 2 atom stereocenters. The summed E-state index contributed by atoms with van der Waals surface area (Å²) >= 11 is 0. The van der Waals surface area contributed by atoms with Crippen molar-refractivity contribution in [2.75, 3.05) is 6.61 Å². The molecule has 0 bridgehead atoms. The number of fused-ring (bicyclic) bond motifs is 12. The van der Waals surface area contributed by atoms with Crippen molar-refractivity contribution in [3.05, 3.63) is 72.3 Å². The van der Waals surface area contributed by atoms with Gasteiger partial charge in [-0.2, -0.15) is 0 Å². The maximum Gasteiger partial charge on any atom is 0.166 e. The topological polar surface area (TPSA) is 26.3 Å². The number of hydrogen-bond donors (Lipinski definition) is 0. The third-order valence-electron chi connectivity index (χ3n) is 12.6. The zero-order chi connectivity index (χ0) is 33.8. The zero-order valence-corrected chi connectivity index (χ0v) is 31.7. The first kappa shape index (κ1) is 33.3. The summed E-state index contributed by atoms with van der Waals surface area (Å²) in [5.74, 6) is 0.620. The Morgan fingerprint density at radius 3 is 1.49 bits per heavy atom. The van der Waals surface area contributed by atoms with E-state index in [1.807, 2.05) is 0 Å². The lowest BCUT2D eigenvalue weighted by Crippen LogP contribution is -2.12. The molecule has 2 nitrogen and oxygen atoms in total. The van der Waals surface area contributed by atoms with Crippen LogP contribution in [0.4, 0.5) is 0 Å². The second-order valence-electron chi connectivity index (χ2n) is 20.1. The van der Waals surface area contributed by atoms with Crippen LogP contribution in [0.3, 0.4) is 0 Å². The van der Waals surface area contributed by atoms with Crippen LogP contribution in [-0.2, 0) is 68.9 Å². The number of ether oxygens (including phenoxy) is 1. The minimum atomic E-state index is 0.197. The molecular formula is C45H62O2. The summed E-state index contributed by atoms with van der Waals surface area (Å²) in [7, 11) is 0. The lowest BCUT2D eigenvalue weighted by molar-refractivity contribution is 0.0945. The Kier molecular flexibility index (Phi) is 7.91. The quantitative estimate of drug-likeness (QED) is 0.288. The molecule has 7 aliphatic rings. The molecule has 2 aromatic rings. The third kappa shape index (κ3) is 6.02. The van der Waals surface area contributed by atoms with Crippen molar-refractivity contribution >= 4 is 11.9 Å². The number of carbonyl (C=O) groups is 1. The summed E-state index contributed by atoms with van der Waals surface area (Å²) in [4.78, 5) is 12.7. The summed E-state index contributed by atoms with van der Waals surface area (Å²) in [5.41, 5.74) is 22.2. The lowest BCUT2D eigenvalue weighted by Gasteiger charge is -2.17. The highest BCUT2D eigenvalue weighted by Crippen LogP contribution is 2.52. The maximum absolute atomic E-state index is 12.7. The van der Waals surface area contributed by atoms with Crippen LogP contribution in [0.5, 0.6) is 0 Å². The minimum absolute atomic E-state index is 0.197. The molecule has 2 unspecified atom stereocenters. The SMILES string of the molecule is CC1=Cc2c3c(c4c(c2C1)CC(C)(C)C4)CC(C)(C)C3.CC1CCCO1.CC1Cc2c3c(c4c(c2C1=O)CC(C)(C)C4)CC(C)(C)C3. The number of rotatable bonds is 0. The van der Waals surface area contributed by atoms with Gasteiger partial charge in [0, 0.05) is 18.1 Å². The van der Waals surface area contributed by atoms with Crippen LogP contribution in [0.15, 0.2) is 5.57 Å². The number of ketones is 1. The molecule has 2 heteroatoms. The van der Waals surface area contributed by atoms with Crippen molar-refractivity contribution in [2.24, 2.45) is 27.6 Å². The van der Waals surface area contributed by atoms with E-state index in [-0.39, 0.29) is 5.92 Å². The van der Waals surface area contributed by atoms with E-state index in [1.165, 1.54) is 68.9 Å². The van der Waals surface area contributed by atoms with Crippen molar-refractivity contribution in [1.82, 2.24) is 0 Å². The van der Waals surface area contributed by atoms with Gasteiger partial charge in [-0.25, -0.2) is 0 Å². The first-order valence-corrected chi connectivity index (χ1v) is 19.0. The Balaban J connectivity index is 0.000000127. The fourth-order valence-electron chi connectivity index (χ4n) is 10.7. The molecule has 0 radical (unpaired) electrons. The molecule has 0 saturated carbocycles. The van der Waals surface area contributed by atoms with Crippen molar-refractivity contribution in [1.29, 1.82) is 0 Å². The Labute approximate surface area is 286 Å². The van der Waals surface area contributed by atoms with E-state index in [9.17, 15) is 4.79 Å². The fraction of sp³-hybridized carbons (Fsp3) is 0.667. The minimum Gasteiger partial charge on any atom is -0.379 e. The Morgan fingerprint density at radius 1 is 0.596 bits per heavy atom. The summed E-state index contributed by atoms with van der Waals surface area (Å²) in [6.45, 7) is 26.8. The monoisotopic (exact) mass is 634 g/mol. The van der Waals surface area contributed by atoms with E-state index in [2.05, 4.69) is 82.2 Å². The smallest absolute Gasteiger partial charge is 0.166 e. The van der Waals surface area contributed by atoms with Crippen molar-refractivity contribution in [3.8, 4) is 0 Å². The van der Waals surface area contributed by atoms with Gasteiger partial charge in [0.05, 0.1) is 6.10 Å². The van der Waals surface area contributed by atoms with Gasteiger partial charge in [-0.3, -0.25) is 4.79 Å². The van der Waals surface area contributed by atoms with Crippen LogP contribution in [0, 0.1) is 27.6 Å². The fourth-order valence-corrected chi connectivity index (χ4v) is 10.7. The van der Waals surface area contributed by atoms with Crippen LogP contribution in [0.2, 0.25) is 0 Å². The highest BCUT2D eigenvalue weighted by Gasteiger charge is 2.44. The van der Waals surface area contributed by atoms with Gasteiger partial charge in [-0.05, 0) is 174 Å². The van der Waals surface area contributed by atoms with Crippen LogP contribution in [-0.4, -0.2) is 18.5 Å². The van der Waals surface area contributed by atoms with Gasteiger partial charge >= 0.3 is 0 Å². The summed E-state index contributed by atoms with van der Waals surface area (Å²) < 4.78 is 5.15. The van der Waals surface area contributed by atoms with E-state index in [0.29, 0.717) is 33.5 Å². The first-order valence-electron chi connectivity index (χ1n) is 19.0. The number of benzene rings is 2. The van der Waals surface area contributed by atoms with Gasteiger partial charge in [-0.1, -0.05) is 74.0 Å². The van der Waals surface area contributed by atoms with Crippen molar-refractivity contribution < 1.29 is 9.53 Å². The standard InChI is InChI=1S/C20H26O.C20H26.C5H10O/c1-11-6-12-13-7-19(2,3)8-14(13)15-9-20(4,5)10-16(15)17(12)18(11)21;1-12-6-13-14(7-12)16-9-20(4,5)11-18(16)17-10-19(2,3)8-15(13)17;1-5-3-2-4-6-5/h11H,6-10H2,1-5H3;6H,7-11H2,1-5H3;5H,2-4H2,1H3. The predicted octanol–water partition coefficient (Wildman–Crippen LogP) is 10.4. The van der Waals surface area contributed by atoms with Crippen LogP contribution in [0.25, 0.3) is 6.08 Å². The molecule has 9 rings (SSSR count). The third-order valence-corrected chi connectivity index (χ3v) is 12.6. The second kappa shape index (κ2) is 11.2. The van der Waals surface area contributed by atoms with Crippen molar-refractivity contribution in [3.63, 3.8) is 0 Å². The molecule has 47 heavy (non-hydrogen) atoms. The summed E-state index contributed by atoms with van der Waals surface area (Å²) in [5, 5.41) is 0. The molecule has 0 spiro atoms. The Hall–Kier alpha value is -2.19. The van der Waals surface area contributed by atoms with Gasteiger partial charge in [0.1, 0.15) is 0 Å². The average Bonchev–Trinajstić information content (AvgIpc) is 3.79. The van der Waals surface area contributed by atoms with Crippen molar-refractivity contribution in [2.45, 2.75) is 159 Å². The van der Waals surface area contributed by atoms with E-state index in [4.69, 9.17) is 4.74 Å². The van der Waals surface area contributed by atoms with Gasteiger partial charge in [0.25, 0.3) is 0 Å². The molecule has 6 aliphatic carbocycles. The Bertz CT molecular complexity index is 1680. The second-order valence-corrected chi connectivity index (χ2v) is 20.1. The maximum atomic E-state index is 12.7. The molecule has 2 aromatic carbocycles. The van der Waals surface area contributed by atoms with E-state index < -0.39 is 0 Å². The molecule has 0 N–H and O–H groups in total. The molecule has 0 amide bonds. The lowest BCUT2D eigenvalue weighted by atomic mass is 9.88. The van der Waals surface area contributed by atoms with Crippen LogP contribution >= 0.6 is 0 Å². The summed E-state index contributed by atoms with van der Waals surface area (Å²) in [6, 6.07) is 0. The highest BCUT2D eigenvalue weighted by atomic mass is 16.5. The molecule has 1 aliphatic heterocycles. The number of allylic oxidation sites excluding steroid dienone is 1. The summed E-state index contributed by atoms with van der Waals surface area (Å²) in [6.07, 6.45) is 17.5. The predicted molar refractivity (Wildman–Crippen MR) is 197 cm³/mol. The van der Waals surface area contributed by atoms with E-state index >= 15 is 0 Å². The van der Waals surface area contributed by atoms with Crippen LogP contribution in [0.1, 0.15) is 161 Å². The highest BCUT2D eigenvalue weighted by molar-refractivity contribution is 6.04. The number of carbonyl (C=O) groups excluding carboxylic acids is 1. The molecule has 1 heterocycles. The largest absolute Gasteiger partial charge is 0.379 e. The van der Waals surface area contributed by atoms with Gasteiger partial charge in [0.15, 0.2) is 5.78 Å². The van der Waals surface area contributed by atoms with Gasteiger partial charge in [-0.15, -0.1) is 0 Å². The first-order chi connectivity index (χ1) is 21.8. The number of Topliss-reactive ketones (excluding diaryl/α,β-unsaturated/α-hetero) is 1. The molecule has 1 fully saturated rings. The normalized spacial score (nSPS) is 27.1. The zero-order valence-electron chi connectivity index (χ0n) is 31.7. The van der Waals surface area contributed by atoms with Gasteiger partial charge in [0.2, 0.25) is 0 Å². The molecule has 0 aromatic heterocycles. The van der Waals surface area contributed by atoms with Gasteiger partial charge < -0.3 is 4.74 Å². The van der Waals surface area contributed by atoms with E-state index in [0.717, 1.165) is 31.4 Å².